The molecule has 1 aromatic rings. The number of ether oxygens (including phenoxy) is 1. The topological polar surface area (TPSA) is 83.2 Å². The van der Waals surface area contributed by atoms with Crippen LogP contribution in [0.15, 0.2) is 17.2 Å². The normalized spacial score (nSPS) is 24.6. The van der Waals surface area contributed by atoms with Crippen LogP contribution in [0, 0.1) is 0 Å². The van der Waals surface area contributed by atoms with Crippen LogP contribution in [-0.2, 0) is 21.3 Å². The van der Waals surface area contributed by atoms with E-state index in [1.807, 2.05) is 14.0 Å². The highest BCUT2D eigenvalue weighted by molar-refractivity contribution is 7.89. The molecule has 2 unspecified atom stereocenters. The Morgan fingerprint density at radius 3 is 2.94 bits per heavy atom. The van der Waals surface area contributed by atoms with Gasteiger partial charge in [0.05, 0.1) is 17.0 Å². The summed E-state index contributed by atoms with van der Waals surface area (Å²) in [6, 6.07) is 1.50. The van der Waals surface area contributed by atoms with Gasteiger partial charge in [-0.15, -0.1) is 0 Å². The summed E-state index contributed by atoms with van der Waals surface area (Å²) >= 11 is 0. The molecule has 0 aromatic carbocycles. The molecule has 0 spiro atoms. The Hall–Kier alpha value is -0.890. The van der Waals surface area contributed by atoms with Gasteiger partial charge in [-0.1, -0.05) is 0 Å². The fourth-order valence-corrected chi connectivity index (χ4v) is 3.38. The Bertz CT molecular complexity index is 497. The van der Waals surface area contributed by atoms with Crippen molar-refractivity contribution in [3.63, 3.8) is 0 Å². The molecule has 18 heavy (non-hydrogen) atoms. The van der Waals surface area contributed by atoms with Gasteiger partial charge in [0.15, 0.2) is 0 Å². The van der Waals surface area contributed by atoms with E-state index >= 15 is 0 Å². The Kier molecular flexibility index (Phi) is 4.06. The highest BCUT2D eigenvalue weighted by atomic mass is 32.2. The van der Waals surface area contributed by atoms with Gasteiger partial charge in [0.25, 0.3) is 0 Å². The molecule has 7 heteroatoms. The maximum Gasteiger partial charge on any atom is 0.242 e. The first-order valence-corrected chi connectivity index (χ1v) is 7.47. The van der Waals surface area contributed by atoms with E-state index < -0.39 is 10.0 Å². The van der Waals surface area contributed by atoms with Gasteiger partial charge in [-0.2, -0.15) is 0 Å². The molecular formula is C11H19N3O3S. The van der Waals surface area contributed by atoms with Gasteiger partial charge in [-0.3, -0.25) is 0 Å². The summed E-state index contributed by atoms with van der Waals surface area (Å²) in [5.74, 6) is 0. The summed E-state index contributed by atoms with van der Waals surface area (Å²) in [5.41, 5.74) is 0.841. The molecule has 0 radical (unpaired) electrons. The molecule has 0 aliphatic carbocycles. The van der Waals surface area contributed by atoms with E-state index in [1.165, 1.54) is 6.20 Å². The van der Waals surface area contributed by atoms with Crippen molar-refractivity contribution in [1.82, 2.24) is 15.0 Å². The number of hydrogen-bond acceptors (Lipinski definition) is 4. The van der Waals surface area contributed by atoms with Crippen LogP contribution >= 0.6 is 0 Å². The second kappa shape index (κ2) is 5.40. The molecule has 0 bridgehead atoms. The van der Waals surface area contributed by atoms with Gasteiger partial charge in [0.2, 0.25) is 10.0 Å². The number of hydrogen-bond donors (Lipinski definition) is 3. The number of sulfonamides is 1. The Labute approximate surface area is 107 Å². The van der Waals surface area contributed by atoms with E-state index in [1.54, 1.807) is 6.07 Å². The summed E-state index contributed by atoms with van der Waals surface area (Å²) in [6.45, 7) is 3.09. The molecular weight excluding hydrogens is 254 g/mol. The summed E-state index contributed by atoms with van der Waals surface area (Å²) in [5, 5.41) is 2.96. The maximum absolute atomic E-state index is 12.1. The quantitative estimate of drug-likeness (QED) is 0.715. The van der Waals surface area contributed by atoms with E-state index in [4.69, 9.17) is 4.74 Å². The molecule has 102 valence electrons. The first kappa shape index (κ1) is 13.5. The van der Waals surface area contributed by atoms with E-state index in [2.05, 4.69) is 15.0 Å². The second-order valence-electron chi connectivity index (χ2n) is 4.48. The van der Waals surface area contributed by atoms with Crippen molar-refractivity contribution in [2.45, 2.75) is 36.9 Å². The number of aromatic amines is 1. The lowest BCUT2D eigenvalue weighted by Gasteiger charge is -2.15. The van der Waals surface area contributed by atoms with E-state index in [-0.39, 0.29) is 17.0 Å². The maximum atomic E-state index is 12.1. The Balaban J connectivity index is 2.09. The highest BCUT2D eigenvalue weighted by Gasteiger charge is 2.29. The molecule has 0 amide bonds. The molecule has 0 saturated carbocycles. The van der Waals surface area contributed by atoms with Crippen molar-refractivity contribution in [2.75, 3.05) is 13.7 Å². The zero-order chi connectivity index (χ0) is 13.2. The SMILES string of the molecule is CNCc1cc(S(=O)(=O)NC2CCOC2C)c[nH]1. The fourth-order valence-electron chi connectivity index (χ4n) is 2.02. The van der Waals surface area contributed by atoms with Crippen LogP contribution < -0.4 is 10.0 Å². The molecule has 2 atom stereocenters. The largest absolute Gasteiger partial charge is 0.377 e. The third-order valence-corrected chi connectivity index (χ3v) is 4.55. The van der Waals surface area contributed by atoms with Gasteiger partial charge >= 0.3 is 0 Å². The molecule has 2 heterocycles. The summed E-state index contributed by atoms with van der Waals surface area (Å²) in [4.78, 5) is 3.21. The van der Waals surface area contributed by atoms with Crippen LogP contribution in [0.25, 0.3) is 0 Å². The minimum absolute atomic E-state index is 0.0736. The van der Waals surface area contributed by atoms with Crippen LogP contribution in [0.4, 0.5) is 0 Å². The van der Waals surface area contributed by atoms with Gasteiger partial charge < -0.3 is 15.0 Å². The van der Waals surface area contributed by atoms with Crippen molar-refractivity contribution in [1.29, 1.82) is 0 Å². The van der Waals surface area contributed by atoms with Crippen molar-refractivity contribution in [2.24, 2.45) is 0 Å². The molecule has 1 fully saturated rings. The highest BCUT2D eigenvalue weighted by Crippen LogP contribution is 2.17. The first-order valence-electron chi connectivity index (χ1n) is 5.99. The summed E-state index contributed by atoms with van der Waals surface area (Å²) in [7, 11) is -1.65. The van der Waals surface area contributed by atoms with Crippen LogP contribution in [-0.4, -0.2) is 39.2 Å². The van der Waals surface area contributed by atoms with Gasteiger partial charge in [-0.05, 0) is 26.5 Å². The molecule has 1 saturated heterocycles. The number of rotatable bonds is 5. The third kappa shape index (κ3) is 2.92. The number of aromatic nitrogens is 1. The predicted octanol–water partition coefficient (Wildman–Crippen LogP) is 0.190. The van der Waals surface area contributed by atoms with Gasteiger partial charge in [0.1, 0.15) is 0 Å². The lowest BCUT2D eigenvalue weighted by Crippen LogP contribution is -2.38. The average molecular weight is 273 g/mol. The summed E-state index contributed by atoms with van der Waals surface area (Å²) in [6.07, 6.45) is 2.15. The van der Waals surface area contributed by atoms with Crippen LogP contribution in [0.1, 0.15) is 19.0 Å². The lowest BCUT2D eigenvalue weighted by atomic mass is 10.2. The zero-order valence-corrected chi connectivity index (χ0v) is 11.4. The van der Waals surface area contributed by atoms with E-state index in [0.29, 0.717) is 19.6 Å². The zero-order valence-electron chi connectivity index (χ0n) is 10.6. The molecule has 1 aromatic heterocycles. The van der Waals surface area contributed by atoms with Crippen molar-refractivity contribution >= 4 is 10.0 Å². The fraction of sp³-hybridized carbons (Fsp3) is 0.636. The van der Waals surface area contributed by atoms with Crippen LogP contribution in [0.5, 0.6) is 0 Å². The number of H-pyrrole nitrogens is 1. The van der Waals surface area contributed by atoms with E-state index in [9.17, 15) is 8.42 Å². The van der Waals surface area contributed by atoms with Crippen LogP contribution in [0.2, 0.25) is 0 Å². The summed E-state index contributed by atoms with van der Waals surface area (Å²) < 4.78 is 32.3. The predicted molar refractivity (Wildman–Crippen MR) is 67.7 cm³/mol. The first-order chi connectivity index (χ1) is 8.53. The molecule has 3 N–H and O–H groups in total. The van der Waals surface area contributed by atoms with Gasteiger partial charge in [-0.25, -0.2) is 13.1 Å². The smallest absolute Gasteiger partial charge is 0.242 e. The lowest BCUT2D eigenvalue weighted by molar-refractivity contribution is 0.117. The standard InChI is InChI=1S/C11H19N3O3S/c1-8-11(3-4-17-8)14-18(15,16)10-5-9(6-12-2)13-7-10/h5,7-8,11-14H,3-4,6H2,1-2H3. The Morgan fingerprint density at radius 2 is 2.33 bits per heavy atom. The average Bonchev–Trinajstić information content (AvgIpc) is 2.90. The molecule has 6 nitrogen and oxygen atoms in total. The van der Waals surface area contributed by atoms with Crippen LogP contribution in [0.3, 0.4) is 0 Å². The minimum atomic E-state index is -3.46. The van der Waals surface area contributed by atoms with E-state index in [0.717, 1.165) is 5.69 Å². The van der Waals surface area contributed by atoms with Gasteiger partial charge in [0, 0.05) is 25.0 Å². The Morgan fingerprint density at radius 1 is 1.56 bits per heavy atom. The minimum Gasteiger partial charge on any atom is -0.377 e. The van der Waals surface area contributed by atoms with Crippen molar-refractivity contribution in [3.05, 3.63) is 18.0 Å². The molecule has 1 aliphatic rings. The monoisotopic (exact) mass is 273 g/mol. The van der Waals surface area contributed by atoms with Crippen molar-refractivity contribution in [3.8, 4) is 0 Å². The number of nitrogens with one attached hydrogen (secondary N) is 3. The second-order valence-corrected chi connectivity index (χ2v) is 6.20. The van der Waals surface area contributed by atoms with Crippen molar-refractivity contribution < 1.29 is 13.2 Å². The third-order valence-electron chi connectivity index (χ3n) is 3.08. The molecule has 1 aliphatic heterocycles. The molecule has 2 rings (SSSR count).